The maximum atomic E-state index is 11.2. The lowest BCUT2D eigenvalue weighted by Crippen LogP contribution is -2.52. The van der Waals surface area contributed by atoms with Crippen molar-refractivity contribution in [2.45, 2.75) is 18.9 Å². The molecule has 0 aromatic rings. The first-order valence-corrected chi connectivity index (χ1v) is 4.40. The molecule has 0 aromatic carbocycles. The number of nitrogens with one attached hydrogen (secondary N) is 1. The maximum absolute atomic E-state index is 11.2. The van der Waals surface area contributed by atoms with Gasteiger partial charge in [0.05, 0.1) is 6.61 Å². The number of carbonyl (C=O) groups excluding carboxylic acids is 2. The van der Waals surface area contributed by atoms with Gasteiger partial charge in [0, 0.05) is 20.0 Å². The summed E-state index contributed by atoms with van der Waals surface area (Å²) in [4.78, 5) is 33.0. The Morgan fingerprint density at radius 3 is 2.47 bits per heavy atom. The minimum atomic E-state index is -1.18. The van der Waals surface area contributed by atoms with Gasteiger partial charge in [0.2, 0.25) is 11.8 Å². The molecule has 2 amide bonds. The van der Waals surface area contributed by atoms with Crippen LogP contribution in [-0.4, -0.2) is 47.7 Å². The summed E-state index contributed by atoms with van der Waals surface area (Å²) >= 11 is 0. The fraction of sp³-hybridized carbons (Fsp3) is 0.625. The van der Waals surface area contributed by atoms with Crippen LogP contribution in [0.1, 0.15) is 12.8 Å². The Morgan fingerprint density at radius 2 is 2.07 bits per heavy atom. The van der Waals surface area contributed by atoms with Crippen molar-refractivity contribution in [3.63, 3.8) is 0 Å². The second-order valence-electron chi connectivity index (χ2n) is 3.10. The average molecular weight is 216 g/mol. The summed E-state index contributed by atoms with van der Waals surface area (Å²) in [6.07, 6.45) is 0.232. The molecule has 1 aliphatic heterocycles. The quantitative estimate of drug-likeness (QED) is 0.557. The summed E-state index contributed by atoms with van der Waals surface area (Å²) < 4.78 is 4.65. The highest BCUT2D eigenvalue weighted by Crippen LogP contribution is 2.09. The number of rotatable bonds is 5. The van der Waals surface area contributed by atoms with Gasteiger partial charge in [-0.25, -0.2) is 10.4 Å². The van der Waals surface area contributed by atoms with Crippen molar-refractivity contribution < 1.29 is 24.2 Å². The molecule has 1 aliphatic rings. The molecule has 0 radical (unpaired) electrons. The molecule has 1 atom stereocenters. The molecule has 0 bridgehead atoms. The van der Waals surface area contributed by atoms with Crippen molar-refractivity contribution in [3.8, 4) is 0 Å². The van der Waals surface area contributed by atoms with E-state index in [0.717, 1.165) is 5.01 Å². The van der Waals surface area contributed by atoms with E-state index >= 15 is 0 Å². The number of aliphatic carboxylic acids is 1. The number of hydrogen-bond donors (Lipinski definition) is 2. The lowest BCUT2D eigenvalue weighted by molar-refractivity contribution is -0.148. The highest BCUT2D eigenvalue weighted by Gasteiger charge is 2.32. The third kappa shape index (κ3) is 2.74. The van der Waals surface area contributed by atoms with E-state index in [-0.39, 0.29) is 19.4 Å². The lowest BCUT2D eigenvalue weighted by Gasteiger charge is -2.20. The number of nitrogens with zero attached hydrogens (tertiary/aromatic N) is 1. The molecule has 0 saturated carbocycles. The zero-order valence-electron chi connectivity index (χ0n) is 8.23. The molecule has 15 heavy (non-hydrogen) atoms. The van der Waals surface area contributed by atoms with Crippen LogP contribution in [0.3, 0.4) is 0 Å². The van der Waals surface area contributed by atoms with E-state index in [4.69, 9.17) is 5.11 Å². The summed E-state index contributed by atoms with van der Waals surface area (Å²) in [5.41, 5.74) is 2.33. The first kappa shape index (κ1) is 11.6. The molecule has 84 valence electrons. The van der Waals surface area contributed by atoms with E-state index in [0.29, 0.717) is 0 Å². The molecule has 0 aromatic heterocycles. The number of carboxylic acid groups (broad SMARTS) is 1. The summed E-state index contributed by atoms with van der Waals surface area (Å²) in [6.45, 7) is -0.119. The smallest absolute Gasteiger partial charge is 0.324 e. The molecule has 7 heteroatoms. The Hall–Kier alpha value is -1.47. The van der Waals surface area contributed by atoms with E-state index in [1.807, 2.05) is 0 Å². The van der Waals surface area contributed by atoms with Crippen LogP contribution in [0.25, 0.3) is 0 Å². The number of carboxylic acids is 1. The first-order valence-electron chi connectivity index (χ1n) is 4.40. The minimum Gasteiger partial charge on any atom is -0.480 e. The molecule has 1 rings (SSSR count). The standard InChI is InChI=1S/C8H12N2O5/c1-15-4-5(8(13)14)9-10-6(11)2-3-7(10)12/h5,9H,2-4H2,1H3,(H,13,14)/t5-/m0/s1. The zero-order chi connectivity index (χ0) is 11.4. The van der Waals surface area contributed by atoms with Gasteiger partial charge in [0.1, 0.15) is 6.04 Å². The van der Waals surface area contributed by atoms with Crippen LogP contribution < -0.4 is 5.43 Å². The SMILES string of the molecule is COC[C@H](NN1C(=O)CCC1=O)C(=O)O. The first-order chi connectivity index (χ1) is 7.06. The number of methoxy groups -OCH3 is 1. The molecule has 0 spiro atoms. The number of carbonyl (C=O) groups is 3. The van der Waals surface area contributed by atoms with Crippen molar-refractivity contribution in [1.29, 1.82) is 0 Å². The molecule has 7 nitrogen and oxygen atoms in total. The van der Waals surface area contributed by atoms with Gasteiger partial charge in [-0.2, -0.15) is 0 Å². The van der Waals surface area contributed by atoms with Gasteiger partial charge in [-0.05, 0) is 0 Å². The van der Waals surface area contributed by atoms with Crippen molar-refractivity contribution in [3.05, 3.63) is 0 Å². The van der Waals surface area contributed by atoms with Crippen LogP contribution in [-0.2, 0) is 19.1 Å². The van der Waals surface area contributed by atoms with Crippen LogP contribution in [0.5, 0.6) is 0 Å². The minimum absolute atomic E-state index is 0.116. The van der Waals surface area contributed by atoms with Crippen LogP contribution in [0.15, 0.2) is 0 Å². The third-order valence-electron chi connectivity index (χ3n) is 1.97. The molecule has 1 heterocycles. The Morgan fingerprint density at radius 1 is 1.53 bits per heavy atom. The van der Waals surface area contributed by atoms with Crippen molar-refractivity contribution in [2.24, 2.45) is 0 Å². The summed E-state index contributed by atoms with van der Waals surface area (Å²) in [7, 11) is 1.34. The van der Waals surface area contributed by atoms with Gasteiger partial charge < -0.3 is 9.84 Å². The van der Waals surface area contributed by atoms with Gasteiger partial charge >= 0.3 is 5.97 Å². The maximum Gasteiger partial charge on any atom is 0.324 e. The number of amides is 2. The van der Waals surface area contributed by atoms with E-state index in [9.17, 15) is 14.4 Å². The van der Waals surface area contributed by atoms with E-state index in [1.165, 1.54) is 7.11 Å². The van der Waals surface area contributed by atoms with Gasteiger partial charge in [0.15, 0.2) is 0 Å². The molecule has 0 unspecified atom stereocenters. The van der Waals surface area contributed by atoms with Crippen LogP contribution in [0.4, 0.5) is 0 Å². The summed E-state index contributed by atoms with van der Waals surface area (Å²) in [5.74, 6) is -2.01. The molecule has 2 N–H and O–H groups in total. The van der Waals surface area contributed by atoms with Gasteiger partial charge in [-0.1, -0.05) is 0 Å². The second kappa shape index (κ2) is 4.85. The van der Waals surface area contributed by atoms with Crippen molar-refractivity contribution in [2.75, 3.05) is 13.7 Å². The van der Waals surface area contributed by atoms with E-state index in [2.05, 4.69) is 10.2 Å². The van der Waals surface area contributed by atoms with Crippen LogP contribution in [0, 0.1) is 0 Å². The Bertz CT molecular complexity index is 275. The predicted octanol–water partition coefficient (Wildman–Crippen LogP) is -1.26. The normalized spacial score (nSPS) is 18.3. The van der Waals surface area contributed by atoms with Gasteiger partial charge in [-0.15, -0.1) is 0 Å². The molecule has 0 aliphatic carbocycles. The number of imide groups is 1. The Kier molecular flexibility index (Phi) is 3.75. The molecule has 1 saturated heterocycles. The van der Waals surface area contributed by atoms with E-state index in [1.54, 1.807) is 0 Å². The zero-order valence-corrected chi connectivity index (χ0v) is 8.23. The Labute approximate surface area is 86.0 Å². The monoisotopic (exact) mass is 216 g/mol. The third-order valence-corrected chi connectivity index (χ3v) is 1.97. The predicted molar refractivity (Wildman–Crippen MR) is 47.5 cm³/mol. The Balaban J connectivity index is 2.60. The number of hydrogen-bond acceptors (Lipinski definition) is 5. The van der Waals surface area contributed by atoms with Gasteiger partial charge in [0.25, 0.3) is 0 Å². The summed E-state index contributed by atoms with van der Waals surface area (Å²) in [5, 5.41) is 9.49. The van der Waals surface area contributed by atoms with Gasteiger partial charge in [-0.3, -0.25) is 14.4 Å². The lowest BCUT2D eigenvalue weighted by atomic mass is 10.3. The highest BCUT2D eigenvalue weighted by atomic mass is 16.5. The van der Waals surface area contributed by atoms with Crippen molar-refractivity contribution in [1.82, 2.24) is 10.4 Å². The molecular weight excluding hydrogens is 204 g/mol. The van der Waals surface area contributed by atoms with Crippen molar-refractivity contribution >= 4 is 17.8 Å². The van der Waals surface area contributed by atoms with Crippen LogP contribution in [0.2, 0.25) is 0 Å². The number of ether oxygens (including phenoxy) is 1. The topological polar surface area (TPSA) is 95.9 Å². The largest absolute Gasteiger partial charge is 0.480 e. The van der Waals surface area contributed by atoms with E-state index < -0.39 is 23.8 Å². The summed E-state index contributed by atoms with van der Waals surface area (Å²) in [6, 6.07) is -1.10. The fourth-order valence-corrected chi connectivity index (χ4v) is 1.21. The van der Waals surface area contributed by atoms with Crippen LogP contribution >= 0.6 is 0 Å². The second-order valence-corrected chi connectivity index (χ2v) is 3.10. The highest BCUT2D eigenvalue weighted by molar-refractivity contribution is 6.01. The fourth-order valence-electron chi connectivity index (χ4n) is 1.21. The molecule has 1 fully saturated rings. The number of hydrazine groups is 1. The molecular formula is C8H12N2O5. The average Bonchev–Trinajstić information content (AvgIpc) is 2.48.